The highest BCUT2D eigenvalue weighted by Gasteiger charge is 2.32. The molecule has 0 spiro atoms. The monoisotopic (exact) mass is 316 g/mol. The number of hydrogen-bond acceptors (Lipinski definition) is 5. The number of carboxylic acids is 1. The van der Waals surface area contributed by atoms with Crippen LogP contribution in [0, 0.1) is 6.92 Å². The minimum Gasteiger partial charge on any atom is -0.507 e. The van der Waals surface area contributed by atoms with Gasteiger partial charge in [-0.25, -0.2) is 13.2 Å². The van der Waals surface area contributed by atoms with Crippen molar-refractivity contribution in [1.29, 1.82) is 0 Å². The second kappa shape index (κ2) is 5.34. The number of benzene rings is 1. The Morgan fingerprint density at radius 1 is 1.29 bits per heavy atom. The first-order chi connectivity index (χ1) is 9.38. The summed E-state index contributed by atoms with van der Waals surface area (Å²) in [5.41, 5.74) is 3.12. The van der Waals surface area contributed by atoms with Crippen molar-refractivity contribution in [2.24, 2.45) is 5.73 Å². The molecule has 0 aromatic heterocycles. The molecule has 1 amide bonds. The van der Waals surface area contributed by atoms with Gasteiger partial charge in [-0.15, -0.1) is 0 Å². The maximum Gasteiger partial charge on any atom is 0.339 e. The molecule has 0 fully saturated rings. The quantitative estimate of drug-likeness (QED) is 0.598. The van der Waals surface area contributed by atoms with Gasteiger partial charge in [-0.05, 0) is 38.5 Å². The van der Waals surface area contributed by atoms with E-state index < -0.39 is 38.8 Å². The van der Waals surface area contributed by atoms with Crippen LogP contribution in [-0.2, 0) is 14.8 Å². The molecule has 116 valence electrons. The number of carboxylic acid groups (broad SMARTS) is 1. The van der Waals surface area contributed by atoms with E-state index in [4.69, 9.17) is 10.8 Å². The minimum absolute atomic E-state index is 0.130. The lowest BCUT2D eigenvalue weighted by Gasteiger charge is -2.22. The van der Waals surface area contributed by atoms with Gasteiger partial charge in [0, 0.05) is 0 Å². The minimum atomic E-state index is -4.19. The molecule has 0 aliphatic rings. The summed E-state index contributed by atoms with van der Waals surface area (Å²) < 4.78 is 26.6. The molecule has 0 aliphatic heterocycles. The molecule has 1 rings (SSSR count). The van der Waals surface area contributed by atoms with E-state index in [1.165, 1.54) is 20.8 Å². The van der Waals surface area contributed by atoms with Crippen LogP contribution in [-0.4, -0.2) is 36.0 Å². The summed E-state index contributed by atoms with van der Waals surface area (Å²) in [5.74, 6) is -2.91. The zero-order valence-electron chi connectivity index (χ0n) is 11.7. The number of primary amides is 1. The van der Waals surface area contributed by atoms with Gasteiger partial charge in [-0.2, -0.15) is 4.72 Å². The molecule has 0 saturated heterocycles. The average molecular weight is 316 g/mol. The molecule has 1 aromatic carbocycles. The largest absolute Gasteiger partial charge is 0.507 e. The van der Waals surface area contributed by atoms with E-state index in [0.29, 0.717) is 0 Å². The number of hydrogen-bond donors (Lipinski definition) is 4. The average Bonchev–Trinajstić information content (AvgIpc) is 2.25. The highest BCUT2D eigenvalue weighted by Crippen LogP contribution is 2.26. The van der Waals surface area contributed by atoms with Crippen molar-refractivity contribution in [2.45, 2.75) is 31.2 Å². The summed E-state index contributed by atoms with van der Waals surface area (Å²) in [6, 6.07) is 1.85. The number of aromatic carboxylic acids is 1. The predicted octanol–water partition coefficient (Wildman–Crippen LogP) is -0.0590. The van der Waals surface area contributed by atoms with Gasteiger partial charge >= 0.3 is 5.97 Å². The van der Waals surface area contributed by atoms with Crippen LogP contribution in [0.3, 0.4) is 0 Å². The van der Waals surface area contributed by atoms with Crippen LogP contribution in [0.2, 0.25) is 0 Å². The van der Waals surface area contributed by atoms with Gasteiger partial charge < -0.3 is 15.9 Å². The second-order valence-electron chi connectivity index (χ2n) is 5.03. The Balaban J connectivity index is 3.42. The molecular weight excluding hydrogens is 300 g/mol. The zero-order valence-corrected chi connectivity index (χ0v) is 12.5. The van der Waals surface area contributed by atoms with Crippen molar-refractivity contribution in [1.82, 2.24) is 4.72 Å². The van der Waals surface area contributed by atoms with E-state index in [1.807, 2.05) is 0 Å². The Bertz CT molecular complexity index is 709. The van der Waals surface area contributed by atoms with Gasteiger partial charge in [0.1, 0.15) is 16.9 Å². The highest BCUT2D eigenvalue weighted by atomic mass is 32.2. The Labute approximate surface area is 121 Å². The summed E-state index contributed by atoms with van der Waals surface area (Å²) >= 11 is 0. The van der Waals surface area contributed by atoms with Crippen LogP contribution < -0.4 is 10.5 Å². The number of aromatic hydroxyl groups is 1. The van der Waals surface area contributed by atoms with Crippen LogP contribution >= 0.6 is 0 Å². The van der Waals surface area contributed by atoms with E-state index in [9.17, 15) is 23.1 Å². The molecule has 1 aromatic rings. The summed E-state index contributed by atoms with van der Waals surface area (Å²) in [4.78, 5) is 21.8. The third-order valence-corrected chi connectivity index (χ3v) is 4.62. The van der Waals surface area contributed by atoms with Crippen LogP contribution in [0.25, 0.3) is 0 Å². The predicted molar refractivity (Wildman–Crippen MR) is 73.4 cm³/mol. The first kappa shape index (κ1) is 16.9. The maximum atomic E-state index is 12.3. The number of nitrogens with one attached hydrogen (secondary N) is 1. The number of carbonyl (C=O) groups excluding carboxylic acids is 1. The van der Waals surface area contributed by atoms with E-state index >= 15 is 0 Å². The lowest BCUT2D eigenvalue weighted by atomic mass is 10.1. The van der Waals surface area contributed by atoms with Crippen LogP contribution in [0.4, 0.5) is 0 Å². The Hall–Kier alpha value is -2.13. The number of rotatable bonds is 5. The first-order valence-corrected chi connectivity index (χ1v) is 7.27. The van der Waals surface area contributed by atoms with Crippen LogP contribution in [0.5, 0.6) is 5.75 Å². The molecule has 0 atom stereocenters. The molecular formula is C12H16N2O6S. The summed E-state index contributed by atoms with van der Waals surface area (Å²) in [7, 11) is -4.19. The molecule has 0 unspecified atom stereocenters. The first-order valence-electron chi connectivity index (χ1n) is 5.79. The van der Waals surface area contributed by atoms with Gasteiger partial charge in [0.2, 0.25) is 15.9 Å². The van der Waals surface area contributed by atoms with Crippen molar-refractivity contribution in [3.05, 3.63) is 23.3 Å². The second-order valence-corrected chi connectivity index (χ2v) is 6.69. The molecule has 0 aliphatic carbocycles. The number of carbonyl (C=O) groups is 2. The Kier molecular flexibility index (Phi) is 4.30. The lowest BCUT2D eigenvalue weighted by molar-refractivity contribution is -0.122. The van der Waals surface area contributed by atoms with E-state index in [1.54, 1.807) is 0 Å². The lowest BCUT2D eigenvalue weighted by Crippen LogP contribution is -2.52. The van der Waals surface area contributed by atoms with Crippen molar-refractivity contribution in [3.8, 4) is 5.75 Å². The molecule has 9 heteroatoms. The topological polar surface area (TPSA) is 147 Å². The van der Waals surface area contributed by atoms with Gasteiger partial charge in [-0.1, -0.05) is 0 Å². The number of nitrogens with two attached hydrogens (primary N) is 1. The Morgan fingerprint density at radius 3 is 2.24 bits per heavy atom. The van der Waals surface area contributed by atoms with Crippen LogP contribution in [0.15, 0.2) is 17.0 Å². The number of amides is 1. The molecule has 5 N–H and O–H groups in total. The standard InChI is InChI=1S/C12H16N2O6S/c1-6-4-8(15)7(10(16)17)5-9(6)21(19,20)14-12(2,3)11(13)18/h4-5,14-15H,1-3H3,(H2,13,18)(H,16,17). The fourth-order valence-corrected chi connectivity index (χ4v) is 3.21. The number of sulfonamides is 1. The Morgan fingerprint density at radius 2 is 1.81 bits per heavy atom. The van der Waals surface area contributed by atoms with Crippen molar-refractivity contribution in [3.63, 3.8) is 0 Å². The third-order valence-electron chi connectivity index (χ3n) is 2.82. The molecule has 0 saturated carbocycles. The fourth-order valence-electron chi connectivity index (χ4n) is 1.57. The normalized spacial score (nSPS) is 12.1. The van der Waals surface area contributed by atoms with Crippen molar-refractivity contribution in [2.75, 3.05) is 0 Å². The van der Waals surface area contributed by atoms with Crippen LogP contribution in [0.1, 0.15) is 29.8 Å². The molecule has 8 nitrogen and oxygen atoms in total. The highest BCUT2D eigenvalue weighted by molar-refractivity contribution is 7.89. The molecule has 0 heterocycles. The van der Waals surface area contributed by atoms with Gasteiger partial charge in [0.25, 0.3) is 0 Å². The molecule has 21 heavy (non-hydrogen) atoms. The SMILES string of the molecule is Cc1cc(O)c(C(=O)O)cc1S(=O)(=O)NC(C)(C)C(N)=O. The maximum absolute atomic E-state index is 12.3. The number of phenols is 1. The van der Waals surface area contributed by atoms with E-state index in [0.717, 1.165) is 12.1 Å². The summed E-state index contributed by atoms with van der Waals surface area (Å²) in [5, 5.41) is 18.4. The molecule has 0 radical (unpaired) electrons. The van der Waals surface area contributed by atoms with E-state index in [2.05, 4.69) is 4.72 Å². The van der Waals surface area contributed by atoms with Gasteiger partial charge in [-0.3, -0.25) is 4.79 Å². The summed E-state index contributed by atoms with van der Waals surface area (Å²) in [6.45, 7) is 3.94. The third kappa shape index (κ3) is 3.50. The van der Waals surface area contributed by atoms with Gasteiger partial charge in [0.05, 0.1) is 4.90 Å². The molecule has 0 bridgehead atoms. The number of aryl methyl sites for hydroxylation is 1. The smallest absolute Gasteiger partial charge is 0.339 e. The van der Waals surface area contributed by atoms with E-state index in [-0.39, 0.29) is 10.5 Å². The summed E-state index contributed by atoms with van der Waals surface area (Å²) in [6.07, 6.45) is 0. The van der Waals surface area contributed by atoms with Crippen molar-refractivity contribution >= 4 is 21.9 Å². The zero-order chi connectivity index (χ0) is 16.6. The van der Waals surface area contributed by atoms with Crippen molar-refractivity contribution < 1.29 is 28.2 Å². The van der Waals surface area contributed by atoms with Gasteiger partial charge in [0.15, 0.2) is 0 Å². The fraction of sp³-hybridized carbons (Fsp3) is 0.333.